The van der Waals surface area contributed by atoms with Gasteiger partial charge in [-0.05, 0) is 36.3 Å². The number of hydrogen-bond acceptors (Lipinski definition) is 3. The molecule has 0 amide bonds. The lowest BCUT2D eigenvalue weighted by Gasteiger charge is -2.02. The van der Waals surface area contributed by atoms with Gasteiger partial charge in [0.15, 0.2) is 5.78 Å². The highest BCUT2D eigenvalue weighted by Gasteiger charge is 2.03. The van der Waals surface area contributed by atoms with Crippen molar-refractivity contribution in [3.8, 4) is 11.5 Å². The van der Waals surface area contributed by atoms with Crippen LogP contribution in [-0.2, 0) is 11.2 Å². The molecule has 0 aliphatic carbocycles. The topological polar surface area (TPSA) is 57.5 Å². The van der Waals surface area contributed by atoms with Crippen LogP contribution in [0, 0.1) is 0 Å². The standard InChI is InChI=1S/C17H16O3/c18-15(11-9-13-5-1-3-7-16(13)19)12-10-14-6-2-4-8-17(14)20/h1-9,11,19-20H,10,12H2/b11-9+. The van der Waals surface area contributed by atoms with Crippen LogP contribution in [0.5, 0.6) is 11.5 Å². The number of aromatic hydroxyl groups is 2. The Morgan fingerprint density at radius 2 is 1.60 bits per heavy atom. The Hall–Kier alpha value is -2.55. The summed E-state index contributed by atoms with van der Waals surface area (Å²) in [4.78, 5) is 11.8. The molecular formula is C17H16O3. The number of phenolic OH excluding ortho intramolecular Hbond substituents is 2. The van der Waals surface area contributed by atoms with Gasteiger partial charge >= 0.3 is 0 Å². The summed E-state index contributed by atoms with van der Waals surface area (Å²) in [7, 11) is 0. The van der Waals surface area contributed by atoms with E-state index in [1.54, 1.807) is 48.5 Å². The van der Waals surface area contributed by atoms with Gasteiger partial charge in [0, 0.05) is 12.0 Å². The number of para-hydroxylation sites is 2. The molecule has 0 aromatic heterocycles. The highest BCUT2D eigenvalue weighted by Crippen LogP contribution is 2.19. The number of carbonyl (C=O) groups is 1. The van der Waals surface area contributed by atoms with Crippen LogP contribution in [0.2, 0.25) is 0 Å². The summed E-state index contributed by atoms with van der Waals surface area (Å²) >= 11 is 0. The zero-order chi connectivity index (χ0) is 14.4. The summed E-state index contributed by atoms with van der Waals surface area (Å²) in [6.07, 6.45) is 3.87. The number of ketones is 1. The molecule has 2 rings (SSSR count). The fourth-order valence-electron chi connectivity index (χ4n) is 1.87. The van der Waals surface area contributed by atoms with E-state index in [2.05, 4.69) is 0 Å². The first-order valence-electron chi connectivity index (χ1n) is 6.42. The minimum absolute atomic E-state index is 0.0449. The van der Waals surface area contributed by atoms with Crippen LogP contribution in [0.1, 0.15) is 17.5 Å². The number of rotatable bonds is 5. The Morgan fingerprint density at radius 3 is 2.30 bits per heavy atom. The van der Waals surface area contributed by atoms with Crippen molar-refractivity contribution in [2.45, 2.75) is 12.8 Å². The fourth-order valence-corrected chi connectivity index (χ4v) is 1.87. The fraction of sp³-hybridized carbons (Fsp3) is 0.118. The summed E-state index contributed by atoms with van der Waals surface area (Å²) in [5, 5.41) is 19.2. The molecule has 0 radical (unpaired) electrons. The Bertz CT molecular complexity index is 630. The molecule has 0 aliphatic heterocycles. The van der Waals surface area contributed by atoms with Crippen LogP contribution in [-0.4, -0.2) is 16.0 Å². The summed E-state index contributed by atoms with van der Waals surface area (Å²) in [5.41, 5.74) is 1.38. The zero-order valence-corrected chi connectivity index (χ0v) is 11.0. The van der Waals surface area contributed by atoms with Gasteiger partial charge in [0.1, 0.15) is 11.5 Å². The van der Waals surface area contributed by atoms with Crippen molar-refractivity contribution in [2.75, 3.05) is 0 Å². The number of carbonyl (C=O) groups excluding carboxylic acids is 1. The van der Waals surface area contributed by atoms with E-state index in [1.807, 2.05) is 6.07 Å². The van der Waals surface area contributed by atoms with E-state index < -0.39 is 0 Å². The Kier molecular flexibility index (Phi) is 4.56. The third kappa shape index (κ3) is 3.72. The molecule has 0 fully saturated rings. The van der Waals surface area contributed by atoms with Gasteiger partial charge in [-0.15, -0.1) is 0 Å². The summed E-state index contributed by atoms with van der Waals surface area (Å²) in [6, 6.07) is 13.8. The Labute approximate surface area is 117 Å². The van der Waals surface area contributed by atoms with E-state index in [-0.39, 0.29) is 17.3 Å². The first kappa shape index (κ1) is 13.9. The first-order valence-corrected chi connectivity index (χ1v) is 6.42. The molecule has 0 saturated carbocycles. The molecule has 2 aromatic rings. The molecule has 0 spiro atoms. The Balaban J connectivity index is 1.93. The average molecular weight is 268 g/mol. The zero-order valence-electron chi connectivity index (χ0n) is 11.0. The predicted octanol–water partition coefficient (Wildman–Crippen LogP) is 3.31. The van der Waals surface area contributed by atoms with Gasteiger partial charge in [0.25, 0.3) is 0 Å². The summed E-state index contributed by atoms with van der Waals surface area (Å²) in [5.74, 6) is 0.318. The van der Waals surface area contributed by atoms with Crippen molar-refractivity contribution >= 4 is 11.9 Å². The van der Waals surface area contributed by atoms with E-state index in [0.29, 0.717) is 18.4 Å². The van der Waals surface area contributed by atoms with Crippen LogP contribution in [0.15, 0.2) is 54.6 Å². The molecule has 0 bridgehead atoms. The van der Waals surface area contributed by atoms with Crippen molar-refractivity contribution in [1.82, 2.24) is 0 Å². The number of allylic oxidation sites excluding steroid dienone is 1. The van der Waals surface area contributed by atoms with Crippen LogP contribution in [0.4, 0.5) is 0 Å². The summed E-state index contributed by atoms with van der Waals surface area (Å²) < 4.78 is 0. The van der Waals surface area contributed by atoms with Crippen LogP contribution in [0.3, 0.4) is 0 Å². The number of benzene rings is 2. The lowest BCUT2D eigenvalue weighted by molar-refractivity contribution is -0.114. The minimum Gasteiger partial charge on any atom is -0.508 e. The maximum atomic E-state index is 11.8. The van der Waals surface area contributed by atoms with Gasteiger partial charge < -0.3 is 10.2 Å². The second kappa shape index (κ2) is 6.57. The van der Waals surface area contributed by atoms with Crippen LogP contribution in [0.25, 0.3) is 6.08 Å². The van der Waals surface area contributed by atoms with Gasteiger partial charge in [-0.3, -0.25) is 4.79 Å². The molecule has 2 N–H and O–H groups in total. The molecule has 2 aromatic carbocycles. The maximum absolute atomic E-state index is 11.8. The van der Waals surface area contributed by atoms with Gasteiger partial charge in [-0.1, -0.05) is 36.4 Å². The van der Waals surface area contributed by atoms with Gasteiger partial charge in [-0.2, -0.15) is 0 Å². The maximum Gasteiger partial charge on any atom is 0.156 e. The SMILES string of the molecule is O=C(/C=C/c1ccccc1O)CCc1ccccc1O. The molecule has 0 atom stereocenters. The highest BCUT2D eigenvalue weighted by atomic mass is 16.3. The molecule has 3 heteroatoms. The van der Waals surface area contributed by atoms with Gasteiger partial charge in [-0.25, -0.2) is 0 Å². The first-order chi connectivity index (χ1) is 9.66. The lowest BCUT2D eigenvalue weighted by atomic mass is 10.1. The predicted molar refractivity (Wildman–Crippen MR) is 78.6 cm³/mol. The monoisotopic (exact) mass is 268 g/mol. The second-order valence-corrected chi connectivity index (χ2v) is 4.49. The summed E-state index contributed by atoms with van der Waals surface area (Å²) in [6.45, 7) is 0. The highest BCUT2D eigenvalue weighted by molar-refractivity contribution is 5.94. The van der Waals surface area contributed by atoms with Crippen molar-refractivity contribution < 1.29 is 15.0 Å². The molecule has 0 aliphatic rings. The smallest absolute Gasteiger partial charge is 0.156 e. The normalized spacial score (nSPS) is 10.8. The molecule has 0 unspecified atom stereocenters. The molecule has 20 heavy (non-hydrogen) atoms. The lowest BCUT2D eigenvalue weighted by Crippen LogP contribution is -1.96. The van der Waals surface area contributed by atoms with E-state index in [1.165, 1.54) is 6.08 Å². The van der Waals surface area contributed by atoms with E-state index in [0.717, 1.165) is 5.56 Å². The third-order valence-corrected chi connectivity index (χ3v) is 3.02. The molecule has 0 heterocycles. The van der Waals surface area contributed by atoms with Crippen molar-refractivity contribution in [2.24, 2.45) is 0 Å². The minimum atomic E-state index is -0.0449. The average Bonchev–Trinajstić information content (AvgIpc) is 2.45. The number of hydrogen-bond donors (Lipinski definition) is 2. The second-order valence-electron chi connectivity index (χ2n) is 4.49. The Morgan fingerprint density at radius 1 is 0.950 bits per heavy atom. The third-order valence-electron chi connectivity index (χ3n) is 3.02. The number of phenols is 2. The molecular weight excluding hydrogens is 252 g/mol. The molecule has 0 saturated heterocycles. The van der Waals surface area contributed by atoms with E-state index in [9.17, 15) is 15.0 Å². The van der Waals surface area contributed by atoms with Gasteiger partial charge in [0.2, 0.25) is 0 Å². The van der Waals surface area contributed by atoms with Gasteiger partial charge in [0.05, 0.1) is 0 Å². The van der Waals surface area contributed by atoms with E-state index in [4.69, 9.17) is 0 Å². The van der Waals surface area contributed by atoms with Crippen molar-refractivity contribution in [1.29, 1.82) is 0 Å². The largest absolute Gasteiger partial charge is 0.508 e. The molecule has 3 nitrogen and oxygen atoms in total. The molecule has 102 valence electrons. The van der Waals surface area contributed by atoms with Crippen molar-refractivity contribution in [3.63, 3.8) is 0 Å². The van der Waals surface area contributed by atoms with Crippen LogP contribution < -0.4 is 0 Å². The van der Waals surface area contributed by atoms with E-state index >= 15 is 0 Å². The quantitative estimate of drug-likeness (QED) is 0.818. The number of aryl methyl sites for hydroxylation is 1. The van der Waals surface area contributed by atoms with Crippen LogP contribution >= 0.6 is 0 Å². The van der Waals surface area contributed by atoms with Crippen molar-refractivity contribution in [3.05, 3.63) is 65.7 Å².